The Morgan fingerprint density at radius 3 is 2.24 bits per heavy atom. The smallest absolute Gasteiger partial charge is 0.254 e. The summed E-state index contributed by atoms with van der Waals surface area (Å²) in [6.45, 7) is 1.52. The molecule has 2 aromatic carbocycles. The van der Waals surface area contributed by atoms with Gasteiger partial charge in [-0.1, -0.05) is 6.07 Å². The number of ether oxygens (including phenoxy) is 4. The predicted octanol–water partition coefficient (Wildman–Crippen LogP) is 4.06. The average Bonchev–Trinajstić information content (AvgIpc) is 3.47. The van der Waals surface area contributed by atoms with E-state index < -0.39 is 0 Å². The zero-order valence-electron chi connectivity index (χ0n) is 22.5. The minimum absolute atomic E-state index is 0.0682. The fourth-order valence-corrected chi connectivity index (χ4v) is 4.01. The lowest BCUT2D eigenvalue weighted by Crippen LogP contribution is -2.44. The Bertz CT molecular complexity index is 1150. The number of amides is 2. The molecular weight excluding hydrogens is 488 g/mol. The van der Waals surface area contributed by atoms with Crippen LogP contribution in [0.3, 0.4) is 0 Å². The molecule has 3 aromatic rings. The molecule has 1 heterocycles. The number of carbonyl (C=O) groups excluding carboxylic acids is 2. The van der Waals surface area contributed by atoms with E-state index >= 15 is 0 Å². The summed E-state index contributed by atoms with van der Waals surface area (Å²) >= 11 is 0. The van der Waals surface area contributed by atoms with Gasteiger partial charge in [0.05, 0.1) is 34.1 Å². The largest absolute Gasteiger partial charge is 0.497 e. The van der Waals surface area contributed by atoms with Crippen LogP contribution in [0.5, 0.6) is 17.2 Å². The van der Waals surface area contributed by atoms with Crippen molar-refractivity contribution in [3.05, 3.63) is 77.7 Å². The Morgan fingerprint density at radius 1 is 0.842 bits per heavy atom. The van der Waals surface area contributed by atoms with E-state index in [1.54, 1.807) is 74.8 Å². The van der Waals surface area contributed by atoms with Crippen molar-refractivity contribution in [1.82, 2.24) is 9.80 Å². The second-order valence-electron chi connectivity index (χ2n) is 8.64. The van der Waals surface area contributed by atoms with Crippen LogP contribution in [0.1, 0.15) is 28.1 Å². The Labute approximate surface area is 223 Å². The van der Waals surface area contributed by atoms with E-state index in [0.717, 1.165) is 5.56 Å². The lowest BCUT2D eigenvalue weighted by Gasteiger charge is -2.27. The Balaban J connectivity index is 1.77. The SMILES string of the molecule is COCCCN(CC(=O)N(CCc1ccc(OC)c(OC)c1)Cc1ccco1)C(=O)c1ccc(OC)cc1. The van der Waals surface area contributed by atoms with Crippen LogP contribution < -0.4 is 14.2 Å². The first kappa shape index (κ1) is 28.6. The van der Waals surface area contributed by atoms with Crippen molar-refractivity contribution in [3.63, 3.8) is 0 Å². The molecule has 0 saturated heterocycles. The normalized spacial score (nSPS) is 10.6. The average molecular weight is 525 g/mol. The molecule has 9 heteroatoms. The fraction of sp³-hybridized carbons (Fsp3) is 0.379. The minimum atomic E-state index is -0.227. The van der Waals surface area contributed by atoms with Gasteiger partial charge in [-0.2, -0.15) is 0 Å². The first-order chi connectivity index (χ1) is 18.5. The molecule has 0 saturated carbocycles. The van der Waals surface area contributed by atoms with Gasteiger partial charge in [0.1, 0.15) is 18.1 Å². The van der Waals surface area contributed by atoms with E-state index in [2.05, 4.69) is 0 Å². The summed E-state index contributed by atoms with van der Waals surface area (Å²) in [5, 5.41) is 0. The molecule has 0 unspecified atom stereocenters. The van der Waals surface area contributed by atoms with Crippen molar-refractivity contribution in [1.29, 1.82) is 0 Å². The van der Waals surface area contributed by atoms with Gasteiger partial charge in [-0.3, -0.25) is 9.59 Å². The lowest BCUT2D eigenvalue weighted by molar-refractivity contribution is -0.132. The van der Waals surface area contributed by atoms with Crippen molar-refractivity contribution in [3.8, 4) is 17.2 Å². The highest BCUT2D eigenvalue weighted by molar-refractivity contribution is 5.96. The number of benzene rings is 2. The molecule has 0 atom stereocenters. The third kappa shape index (κ3) is 8.01. The van der Waals surface area contributed by atoms with Crippen molar-refractivity contribution in [2.24, 2.45) is 0 Å². The monoisotopic (exact) mass is 524 g/mol. The quantitative estimate of drug-likeness (QED) is 0.277. The summed E-state index contributed by atoms with van der Waals surface area (Å²) in [5.41, 5.74) is 1.48. The summed E-state index contributed by atoms with van der Waals surface area (Å²) < 4.78 is 26.6. The molecule has 2 amide bonds. The first-order valence-corrected chi connectivity index (χ1v) is 12.4. The molecule has 0 aliphatic heterocycles. The van der Waals surface area contributed by atoms with Gasteiger partial charge < -0.3 is 33.2 Å². The van der Waals surface area contributed by atoms with Crippen LogP contribution in [-0.2, 0) is 22.5 Å². The maximum Gasteiger partial charge on any atom is 0.254 e. The van der Waals surface area contributed by atoms with E-state index in [1.165, 1.54) is 0 Å². The highest BCUT2D eigenvalue weighted by atomic mass is 16.5. The highest BCUT2D eigenvalue weighted by Gasteiger charge is 2.23. The number of carbonyl (C=O) groups is 2. The molecule has 204 valence electrons. The lowest BCUT2D eigenvalue weighted by atomic mass is 10.1. The zero-order chi connectivity index (χ0) is 27.3. The van der Waals surface area contributed by atoms with Crippen LogP contribution >= 0.6 is 0 Å². The summed E-state index contributed by atoms with van der Waals surface area (Å²) in [5.74, 6) is 2.18. The number of methoxy groups -OCH3 is 4. The topological polar surface area (TPSA) is 90.7 Å². The maximum absolute atomic E-state index is 13.6. The summed E-state index contributed by atoms with van der Waals surface area (Å²) in [4.78, 5) is 30.2. The van der Waals surface area contributed by atoms with E-state index in [4.69, 9.17) is 23.4 Å². The van der Waals surface area contributed by atoms with Gasteiger partial charge in [0.15, 0.2) is 11.5 Å². The fourth-order valence-electron chi connectivity index (χ4n) is 4.01. The number of furan rings is 1. The van der Waals surface area contributed by atoms with Crippen molar-refractivity contribution in [2.45, 2.75) is 19.4 Å². The molecule has 0 aliphatic carbocycles. The molecule has 9 nitrogen and oxygen atoms in total. The molecule has 0 spiro atoms. The number of nitrogens with zero attached hydrogens (tertiary/aromatic N) is 2. The van der Waals surface area contributed by atoms with Gasteiger partial charge in [-0.15, -0.1) is 0 Å². The first-order valence-electron chi connectivity index (χ1n) is 12.4. The van der Waals surface area contributed by atoms with Crippen molar-refractivity contribution < 1.29 is 33.0 Å². The Morgan fingerprint density at radius 2 is 1.61 bits per heavy atom. The predicted molar refractivity (Wildman–Crippen MR) is 143 cm³/mol. The number of hydrogen-bond acceptors (Lipinski definition) is 7. The highest BCUT2D eigenvalue weighted by Crippen LogP contribution is 2.28. The second kappa shape index (κ2) is 14.7. The van der Waals surface area contributed by atoms with Crippen LogP contribution in [0, 0.1) is 0 Å². The molecule has 0 radical (unpaired) electrons. The van der Waals surface area contributed by atoms with Crippen LogP contribution in [-0.4, -0.2) is 76.3 Å². The van der Waals surface area contributed by atoms with E-state index in [1.807, 2.05) is 24.3 Å². The maximum atomic E-state index is 13.6. The van der Waals surface area contributed by atoms with Crippen LogP contribution in [0.15, 0.2) is 65.3 Å². The van der Waals surface area contributed by atoms with Crippen molar-refractivity contribution in [2.75, 3.05) is 54.7 Å². The molecule has 0 N–H and O–H groups in total. The molecule has 1 aromatic heterocycles. The molecule has 0 fully saturated rings. The minimum Gasteiger partial charge on any atom is -0.497 e. The molecular formula is C29H36N2O7. The molecule has 38 heavy (non-hydrogen) atoms. The standard InChI is InChI=1S/C29H36N2O7/c1-34-17-6-15-31(29(33)23-9-11-24(35-2)12-10-23)21-28(32)30(20-25-7-5-18-38-25)16-14-22-8-13-26(36-3)27(19-22)37-4/h5,7-13,18-19H,6,14-17,20-21H2,1-4H3. The van der Waals surface area contributed by atoms with Crippen LogP contribution in [0.2, 0.25) is 0 Å². The van der Waals surface area contributed by atoms with Gasteiger partial charge in [0.25, 0.3) is 5.91 Å². The second-order valence-corrected chi connectivity index (χ2v) is 8.64. The van der Waals surface area contributed by atoms with Gasteiger partial charge >= 0.3 is 0 Å². The van der Waals surface area contributed by atoms with Gasteiger partial charge in [-0.25, -0.2) is 0 Å². The van der Waals surface area contributed by atoms with E-state index in [-0.39, 0.29) is 18.4 Å². The molecule has 3 rings (SSSR count). The Hall–Kier alpha value is -3.98. The van der Waals surface area contributed by atoms with Crippen LogP contribution in [0.25, 0.3) is 0 Å². The third-order valence-corrected chi connectivity index (χ3v) is 6.12. The zero-order valence-corrected chi connectivity index (χ0v) is 22.5. The van der Waals surface area contributed by atoms with Gasteiger partial charge in [-0.05, 0) is 66.9 Å². The Kier molecular flexibility index (Phi) is 11.0. The van der Waals surface area contributed by atoms with Gasteiger partial charge in [0, 0.05) is 32.4 Å². The summed E-state index contributed by atoms with van der Waals surface area (Å²) in [6.07, 6.45) is 2.77. The number of rotatable bonds is 15. The van der Waals surface area contributed by atoms with Gasteiger partial charge in [0.2, 0.25) is 5.91 Å². The van der Waals surface area contributed by atoms with Crippen molar-refractivity contribution >= 4 is 11.8 Å². The van der Waals surface area contributed by atoms with E-state index in [0.29, 0.717) is 67.7 Å². The summed E-state index contributed by atoms with van der Waals surface area (Å²) in [7, 11) is 6.36. The summed E-state index contributed by atoms with van der Waals surface area (Å²) in [6, 6.07) is 16.2. The van der Waals surface area contributed by atoms with Crippen LogP contribution in [0.4, 0.5) is 0 Å². The molecule has 0 aliphatic rings. The molecule has 0 bridgehead atoms. The van der Waals surface area contributed by atoms with E-state index in [9.17, 15) is 9.59 Å². The number of hydrogen-bond donors (Lipinski definition) is 0. The third-order valence-electron chi connectivity index (χ3n) is 6.12.